The normalized spacial score (nSPS) is 10.9. The van der Waals surface area contributed by atoms with Gasteiger partial charge in [0.1, 0.15) is 6.54 Å². The van der Waals surface area contributed by atoms with Crippen LogP contribution < -0.4 is 5.32 Å². The van der Waals surface area contributed by atoms with Gasteiger partial charge in [0.05, 0.1) is 12.7 Å². The minimum absolute atomic E-state index is 0.557. The molecule has 0 spiro atoms. The molecular weight excluding hydrogens is 218 g/mol. The van der Waals surface area contributed by atoms with Crippen LogP contribution in [0.5, 0.6) is 0 Å². The summed E-state index contributed by atoms with van der Waals surface area (Å²) in [6, 6.07) is 2.00. The average Bonchev–Trinajstić information content (AvgIpc) is 2.90. The second-order valence-electron chi connectivity index (χ2n) is 3.88. The van der Waals surface area contributed by atoms with Crippen molar-refractivity contribution in [3.05, 3.63) is 23.8 Å². The van der Waals surface area contributed by atoms with E-state index in [4.69, 9.17) is 0 Å². The van der Waals surface area contributed by atoms with E-state index in [9.17, 15) is 0 Å². The number of hydrogen-bond donors (Lipinski definition) is 1. The van der Waals surface area contributed by atoms with Crippen LogP contribution >= 0.6 is 0 Å². The van der Waals surface area contributed by atoms with Crippen molar-refractivity contribution in [1.82, 2.24) is 35.3 Å². The summed E-state index contributed by atoms with van der Waals surface area (Å²) in [7, 11) is 1.75. The van der Waals surface area contributed by atoms with Crippen molar-refractivity contribution >= 4 is 0 Å². The summed E-state index contributed by atoms with van der Waals surface area (Å²) in [5, 5.41) is 19.5. The predicted octanol–water partition coefficient (Wildman–Crippen LogP) is -0.0455. The second kappa shape index (κ2) is 5.53. The van der Waals surface area contributed by atoms with Crippen LogP contribution in [-0.2, 0) is 20.1 Å². The standard InChI is InChI=1S/C10H17N7/c1-3-5-11-7-9-4-6-17(13-9)8-10-12-15-16(2)14-10/h4,6,11H,3,5,7-8H2,1-2H3. The van der Waals surface area contributed by atoms with Gasteiger partial charge in [0.2, 0.25) is 0 Å². The molecule has 2 aromatic rings. The average molecular weight is 235 g/mol. The van der Waals surface area contributed by atoms with Crippen LogP contribution in [-0.4, -0.2) is 36.5 Å². The third kappa shape index (κ3) is 3.35. The molecule has 17 heavy (non-hydrogen) atoms. The second-order valence-corrected chi connectivity index (χ2v) is 3.88. The lowest BCUT2D eigenvalue weighted by atomic mass is 10.4. The number of hydrogen-bond acceptors (Lipinski definition) is 5. The molecule has 2 heterocycles. The van der Waals surface area contributed by atoms with Gasteiger partial charge in [-0.3, -0.25) is 4.68 Å². The van der Waals surface area contributed by atoms with Crippen LogP contribution in [0.1, 0.15) is 24.9 Å². The van der Waals surface area contributed by atoms with Crippen molar-refractivity contribution in [2.75, 3.05) is 6.54 Å². The zero-order valence-corrected chi connectivity index (χ0v) is 10.2. The van der Waals surface area contributed by atoms with Crippen molar-refractivity contribution < 1.29 is 0 Å². The Balaban J connectivity index is 1.89. The molecule has 0 saturated heterocycles. The topological polar surface area (TPSA) is 73.5 Å². The Morgan fingerprint density at radius 2 is 2.24 bits per heavy atom. The van der Waals surface area contributed by atoms with Crippen LogP contribution in [0, 0.1) is 0 Å². The van der Waals surface area contributed by atoms with E-state index in [-0.39, 0.29) is 0 Å². The van der Waals surface area contributed by atoms with E-state index in [0.29, 0.717) is 12.4 Å². The highest BCUT2D eigenvalue weighted by Gasteiger charge is 2.03. The summed E-state index contributed by atoms with van der Waals surface area (Å²) >= 11 is 0. The number of nitrogens with zero attached hydrogens (tertiary/aromatic N) is 6. The van der Waals surface area contributed by atoms with Crippen molar-refractivity contribution in [3.63, 3.8) is 0 Å². The molecular formula is C10H17N7. The van der Waals surface area contributed by atoms with E-state index in [1.807, 2.05) is 16.9 Å². The molecule has 0 bridgehead atoms. The largest absolute Gasteiger partial charge is 0.311 e. The number of rotatable bonds is 6. The van der Waals surface area contributed by atoms with Crippen molar-refractivity contribution in [2.24, 2.45) is 7.05 Å². The van der Waals surface area contributed by atoms with Gasteiger partial charge in [-0.25, -0.2) is 0 Å². The highest BCUT2D eigenvalue weighted by molar-refractivity contribution is 4.99. The summed E-state index contributed by atoms with van der Waals surface area (Å²) in [4.78, 5) is 1.45. The Kier molecular flexibility index (Phi) is 3.81. The van der Waals surface area contributed by atoms with Gasteiger partial charge < -0.3 is 5.32 Å². The highest BCUT2D eigenvalue weighted by Crippen LogP contribution is 1.98. The molecule has 0 aromatic carbocycles. The van der Waals surface area contributed by atoms with E-state index in [1.165, 1.54) is 4.80 Å². The molecule has 0 aliphatic heterocycles. The maximum absolute atomic E-state index is 4.42. The molecule has 7 heteroatoms. The molecule has 0 amide bonds. The molecule has 2 rings (SSSR count). The fraction of sp³-hybridized carbons (Fsp3) is 0.600. The summed E-state index contributed by atoms with van der Waals surface area (Å²) in [5.74, 6) is 0.670. The van der Waals surface area contributed by atoms with Gasteiger partial charge in [0.15, 0.2) is 5.82 Å². The molecule has 1 N–H and O–H groups in total. The van der Waals surface area contributed by atoms with Crippen molar-refractivity contribution in [1.29, 1.82) is 0 Å². The van der Waals surface area contributed by atoms with Crippen LogP contribution in [0.15, 0.2) is 12.3 Å². The number of aryl methyl sites for hydroxylation is 1. The van der Waals surface area contributed by atoms with Gasteiger partial charge in [0, 0.05) is 12.7 Å². The number of nitrogens with one attached hydrogen (secondary N) is 1. The first kappa shape index (κ1) is 11.7. The minimum Gasteiger partial charge on any atom is -0.311 e. The Labute approximate surface area is 99.8 Å². The molecule has 0 aliphatic carbocycles. The monoisotopic (exact) mass is 235 g/mol. The lowest BCUT2D eigenvalue weighted by Crippen LogP contribution is -2.14. The van der Waals surface area contributed by atoms with E-state index in [1.54, 1.807) is 7.05 Å². The van der Waals surface area contributed by atoms with Gasteiger partial charge in [-0.2, -0.15) is 9.90 Å². The van der Waals surface area contributed by atoms with Gasteiger partial charge >= 0.3 is 0 Å². The van der Waals surface area contributed by atoms with Gasteiger partial charge in [0.25, 0.3) is 0 Å². The van der Waals surface area contributed by atoms with Gasteiger partial charge in [-0.05, 0) is 24.2 Å². The Morgan fingerprint density at radius 3 is 2.94 bits per heavy atom. The molecule has 0 radical (unpaired) electrons. The lowest BCUT2D eigenvalue weighted by Gasteiger charge is -1.99. The lowest BCUT2D eigenvalue weighted by molar-refractivity contribution is 0.605. The number of tetrazole rings is 1. The van der Waals surface area contributed by atoms with Crippen molar-refractivity contribution in [3.8, 4) is 0 Å². The van der Waals surface area contributed by atoms with Gasteiger partial charge in [-0.1, -0.05) is 6.92 Å². The van der Waals surface area contributed by atoms with E-state index >= 15 is 0 Å². The van der Waals surface area contributed by atoms with Crippen LogP contribution in [0.25, 0.3) is 0 Å². The minimum atomic E-state index is 0.557. The first-order valence-corrected chi connectivity index (χ1v) is 5.74. The molecule has 0 fully saturated rings. The smallest absolute Gasteiger partial charge is 0.196 e. The molecule has 0 aliphatic rings. The van der Waals surface area contributed by atoms with Crippen LogP contribution in [0.2, 0.25) is 0 Å². The molecule has 2 aromatic heterocycles. The third-order valence-corrected chi connectivity index (χ3v) is 2.28. The fourth-order valence-corrected chi connectivity index (χ4v) is 1.51. The predicted molar refractivity (Wildman–Crippen MR) is 62.1 cm³/mol. The Hall–Kier alpha value is -1.76. The van der Waals surface area contributed by atoms with Crippen LogP contribution in [0.3, 0.4) is 0 Å². The van der Waals surface area contributed by atoms with E-state index < -0.39 is 0 Å². The molecule has 0 unspecified atom stereocenters. The van der Waals surface area contributed by atoms with E-state index in [0.717, 1.165) is 25.2 Å². The van der Waals surface area contributed by atoms with Crippen molar-refractivity contribution in [2.45, 2.75) is 26.4 Å². The molecule has 92 valence electrons. The van der Waals surface area contributed by atoms with Gasteiger partial charge in [-0.15, -0.1) is 10.2 Å². The van der Waals surface area contributed by atoms with E-state index in [2.05, 4.69) is 32.7 Å². The first-order valence-electron chi connectivity index (χ1n) is 5.74. The summed E-state index contributed by atoms with van der Waals surface area (Å²) in [6.07, 6.45) is 3.06. The quantitative estimate of drug-likeness (QED) is 0.711. The maximum atomic E-state index is 4.42. The highest BCUT2D eigenvalue weighted by atomic mass is 15.6. The zero-order valence-electron chi connectivity index (χ0n) is 10.2. The fourth-order valence-electron chi connectivity index (χ4n) is 1.51. The molecule has 0 saturated carbocycles. The summed E-state index contributed by atoms with van der Waals surface area (Å²) in [6.45, 7) is 4.51. The maximum Gasteiger partial charge on any atom is 0.196 e. The Morgan fingerprint density at radius 1 is 1.35 bits per heavy atom. The molecule has 0 atom stereocenters. The SMILES string of the molecule is CCCNCc1ccn(Cc2nnn(C)n2)n1. The molecule has 7 nitrogen and oxygen atoms in total. The summed E-state index contributed by atoms with van der Waals surface area (Å²) in [5.41, 5.74) is 1.03. The zero-order chi connectivity index (χ0) is 12.1. The third-order valence-electron chi connectivity index (χ3n) is 2.28. The summed E-state index contributed by atoms with van der Waals surface area (Å²) < 4.78 is 1.82. The number of aromatic nitrogens is 6. The first-order chi connectivity index (χ1) is 8.28. The Bertz CT molecular complexity index is 459. The van der Waals surface area contributed by atoms with Crippen LogP contribution in [0.4, 0.5) is 0 Å².